The molecular weight excluding hydrogens is 234 g/mol. The number of hydrogen-bond acceptors (Lipinski definition) is 3. The van der Waals surface area contributed by atoms with Crippen LogP contribution in [0.15, 0.2) is 30.3 Å². The second-order valence-electron chi connectivity index (χ2n) is 5.20. The number of nitrogens with one attached hydrogen (secondary N) is 1. The molecule has 1 saturated heterocycles. The van der Waals surface area contributed by atoms with Crippen molar-refractivity contribution in [3.05, 3.63) is 35.9 Å². The Hall–Kier alpha value is -1.37. The summed E-state index contributed by atoms with van der Waals surface area (Å²) in [5.74, 6) is -0.0343. The van der Waals surface area contributed by atoms with E-state index in [4.69, 9.17) is 0 Å². The molecule has 0 radical (unpaired) electrons. The van der Waals surface area contributed by atoms with E-state index in [1.165, 1.54) is 38.9 Å². The molecule has 0 aromatic heterocycles. The van der Waals surface area contributed by atoms with Crippen molar-refractivity contribution in [2.45, 2.75) is 25.2 Å². The number of benzene rings is 1. The van der Waals surface area contributed by atoms with Gasteiger partial charge in [0.1, 0.15) is 0 Å². The first-order chi connectivity index (χ1) is 9.40. The lowest BCUT2D eigenvalue weighted by Gasteiger charge is -2.15. The molecule has 102 valence electrons. The van der Waals surface area contributed by atoms with Gasteiger partial charge in [-0.1, -0.05) is 30.3 Å². The minimum absolute atomic E-state index is 0.0343. The molecule has 1 atom stereocenters. The van der Waals surface area contributed by atoms with Crippen LogP contribution in [0.4, 0.5) is 0 Å². The quantitative estimate of drug-likeness (QED) is 0.762. The van der Waals surface area contributed by atoms with Crippen molar-refractivity contribution in [2.75, 3.05) is 32.7 Å². The fourth-order valence-electron chi connectivity index (χ4n) is 2.60. The molecule has 0 saturated carbocycles. The highest BCUT2D eigenvalue weighted by Crippen LogP contribution is 2.13. The van der Waals surface area contributed by atoms with E-state index >= 15 is 0 Å². The second-order valence-corrected chi connectivity index (χ2v) is 5.20. The Labute approximate surface area is 116 Å². The van der Waals surface area contributed by atoms with Crippen molar-refractivity contribution < 1.29 is 0 Å². The number of nitriles is 1. The fraction of sp³-hybridized carbons (Fsp3) is 0.562. The molecule has 2 rings (SSSR count). The van der Waals surface area contributed by atoms with Crippen LogP contribution >= 0.6 is 0 Å². The van der Waals surface area contributed by atoms with Crippen LogP contribution in [0.5, 0.6) is 0 Å². The van der Waals surface area contributed by atoms with Crippen molar-refractivity contribution in [1.29, 1.82) is 5.26 Å². The smallest absolute Gasteiger partial charge is 0.0837 e. The van der Waals surface area contributed by atoms with Gasteiger partial charge in [0, 0.05) is 6.54 Å². The molecule has 0 aliphatic carbocycles. The Balaban J connectivity index is 1.62. The highest BCUT2D eigenvalue weighted by Gasteiger charge is 2.11. The fourth-order valence-corrected chi connectivity index (χ4v) is 2.60. The van der Waals surface area contributed by atoms with Crippen molar-refractivity contribution in [2.24, 2.45) is 0 Å². The highest BCUT2D eigenvalue weighted by atomic mass is 15.1. The molecule has 1 heterocycles. The minimum Gasteiger partial charge on any atom is -0.315 e. The van der Waals surface area contributed by atoms with Gasteiger partial charge in [0.05, 0.1) is 12.0 Å². The van der Waals surface area contributed by atoms with Gasteiger partial charge in [0.25, 0.3) is 0 Å². The van der Waals surface area contributed by atoms with Gasteiger partial charge in [-0.3, -0.25) is 0 Å². The van der Waals surface area contributed by atoms with Gasteiger partial charge in [0.15, 0.2) is 0 Å². The Morgan fingerprint density at radius 3 is 2.63 bits per heavy atom. The van der Waals surface area contributed by atoms with Crippen LogP contribution in [0, 0.1) is 11.3 Å². The molecule has 1 aliphatic rings. The van der Waals surface area contributed by atoms with Gasteiger partial charge in [-0.15, -0.1) is 0 Å². The van der Waals surface area contributed by atoms with E-state index in [1.807, 2.05) is 30.3 Å². The number of hydrogen-bond donors (Lipinski definition) is 1. The molecule has 1 aliphatic heterocycles. The monoisotopic (exact) mass is 257 g/mol. The molecule has 1 aromatic rings. The predicted octanol–water partition coefficient (Wildman–Crippen LogP) is 2.37. The van der Waals surface area contributed by atoms with E-state index < -0.39 is 0 Å². The van der Waals surface area contributed by atoms with Crippen LogP contribution in [0.1, 0.15) is 30.7 Å². The van der Waals surface area contributed by atoms with Crippen molar-refractivity contribution >= 4 is 0 Å². The molecule has 1 N–H and O–H groups in total. The zero-order chi connectivity index (χ0) is 13.3. The summed E-state index contributed by atoms with van der Waals surface area (Å²) in [7, 11) is 0. The van der Waals surface area contributed by atoms with E-state index in [0.717, 1.165) is 18.7 Å². The maximum absolute atomic E-state index is 9.21. The lowest BCUT2D eigenvalue weighted by atomic mass is 10.0. The summed E-state index contributed by atoms with van der Waals surface area (Å²) in [4.78, 5) is 2.53. The molecule has 0 amide bonds. The average molecular weight is 257 g/mol. The first-order valence-corrected chi connectivity index (χ1v) is 7.28. The Morgan fingerprint density at radius 2 is 1.95 bits per heavy atom. The zero-order valence-corrected chi connectivity index (χ0v) is 11.5. The van der Waals surface area contributed by atoms with E-state index in [-0.39, 0.29) is 5.92 Å². The van der Waals surface area contributed by atoms with Crippen LogP contribution < -0.4 is 5.32 Å². The van der Waals surface area contributed by atoms with Crippen molar-refractivity contribution in [3.63, 3.8) is 0 Å². The maximum Gasteiger partial charge on any atom is 0.0837 e. The predicted molar refractivity (Wildman–Crippen MR) is 78.0 cm³/mol. The van der Waals surface area contributed by atoms with Crippen LogP contribution in [-0.4, -0.2) is 37.6 Å². The Kier molecular flexibility index (Phi) is 5.87. The van der Waals surface area contributed by atoms with Crippen LogP contribution in [0.3, 0.4) is 0 Å². The number of rotatable bonds is 7. The standard InChI is InChI=1S/C16H23N3/c17-13-16(15-7-2-1-3-8-15)14-18-9-6-12-19-10-4-5-11-19/h1-3,7-8,16,18H,4-6,9-12,14H2. The summed E-state index contributed by atoms with van der Waals surface area (Å²) >= 11 is 0. The maximum atomic E-state index is 9.21. The van der Waals surface area contributed by atoms with Gasteiger partial charge < -0.3 is 10.2 Å². The third-order valence-electron chi connectivity index (χ3n) is 3.73. The van der Waals surface area contributed by atoms with E-state index in [2.05, 4.69) is 16.3 Å². The molecule has 1 unspecified atom stereocenters. The zero-order valence-electron chi connectivity index (χ0n) is 11.5. The normalized spacial score (nSPS) is 17.2. The second kappa shape index (κ2) is 7.93. The van der Waals surface area contributed by atoms with Gasteiger partial charge in [-0.05, 0) is 51.0 Å². The molecule has 19 heavy (non-hydrogen) atoms. The van der Waals surface area contributed by atoms with E-state index in [1.54, 1.807) is 0 Å². The number of nitrogens with zero attached hydrogens (tertiary/aromatic N) is 2. The molecular formula is C16H23N3. The van der Waals surface area contributed by atoms with E-state index in [9.17, 15) is 5.26 Å². The minimum atomic E-state index is -0.0343. The molecule has 3 heteroatoms. The third-order valence-corrected chi connectivity index (χ3v) is 3.73. The van der Waals surface area contributed by atoms with Crippen LogP contribution in [0.2, 0.25) is 0 Å². The first-order valence-electron chi connectivity index (χ1n) is 7.28. The van der Waals surface area contributed by atoms with Crippen molar-refractivity contribution in [1.82, 2.24) is 10.2 Å². The Morgan fingerprint density at radius 1 is 1.21 bits per heavy atom. The summed E-state index contributed by atoms with van der Waals surface area (Å²) < 4.78 is 0. The lowest BCUT2D eigenvalue weighted by molar-refractivity contribution is 0.331. The summed E-state index contributed by atoms with van der Waals surface area (Å²) in [6.07, 6.45) is 3.89. The average Bonchev–Trinajstić information content (AvgIpc) is 2.97. The Bertz CT molecular complexity index is 390. The topological polar surface area (TPSA) is 39.1 Å². The molecule has 0 bridgehead atoms. The summed E-state index contributed by atoms with van der Waals surface area (Å²) in [5.41, 5.74) is 1.11. The summed E-state index contributed by atoms with van der Waals surface area (Å²) in [5, 5.41) is 12.6. The molecule has 0 spiro atoms. The SMILES string of the molecule is N#CC(CNCCCN1CCCC1)c1ccccc1. The molecule has 1 aromatic carbocycles. The first kappa shape index (κ1) is 14.0. The summed E-state index contributed by atoms with van der Waals surface area (Å²) in [6.45, 7) is 5.48. The largest absolute Gasteiger partial charge is 0.315 e. The molecule has 1 fully saturated rings. The van der Waals surface area contributed by atoms with Gasteiger partial charge in [-0.25, -0.2) is 0 Å². The summed E-state index contributed by atoms with van der Waals surface area (Å²) in [6, 6.07) is 12.4. The van der Waals surface area contributed by atoms with E-state index in [0.29, 0.717) is 0 Å². The molecule has 3 nitrogen and oxygen atoms in total. The van der Waals surface area contributed by atoms with Crippen LogP contribution in [-0.2, 0) is 0 Å². The lowest BCUT2D eigenvalue weighted by Crippen LogP contribution is -2.27. The van der Waals surface area contributed by atoms with Crippen molar-refractivity contribution in [3.8, 4) is 6.07 Å². The van der Waals surface area contributed by atoms with Gasteiger partial charge in [0.2, 0.25) is 0 Å². The number of likely N-dealkylation sites (tertiary alicyclic amines) is 1. The van der Waals surface area contributed by atoms with Gasteiger partial charge in [-0.2, -0.15) is 5.26 Å². The highest BCUT2D eigenvalue weighted by molar-refractivity contribution is 5.24. The third kappa shape index (κ3) is 4.66. The van der Waals surface area contributed by atoms with Crippen LogP contribution in [0.25, 0.3) is 0 Å². The van der Waals surface area contributed by atoms with Gasteiger partial charge >= 0.3 is 0 Å².